The second-order valence-corrected chi connectivity index (χ2v) is 3.74. The Balaban J connectivity index is 3.68. The van der Waals surface area contributed by atoms with E-state index in [1.165, 1.54) is 0 Å². The zero-order valence-corrected chi connectivity index (χ0v) is 9.42. The number of nitriles is 1. The lowest BCUT2D eigenvalue weighted by molar-refractivity contribution is -0.130. The van der Waals surface area contributed by atoms with Crippen LogP contribution in [-0.2, 0) is 4.79 Å². The molecule has 0 aliphatic rings. The van der Waals surface area contributed by atoms with Crippen LogP contribution in [0.25, 0.3) is 0 Å². The molecule has 14 heavy (non-hydrogen) atoms. The van der Waals surface area contributed by atoms with Crippen LogP contribution in [0.1, 0.15) is 39.5 Å². The molecule has 0 spiro atoms. The number of rotatable bonds is 6. The fourth-order valence-corrected chi connectivity index (χ4v) is 1.12. The van der Waals surface area contributed by atoms with E-state index < -0.39 is 0 Å². The fourth-order valence-electron chi connectivity index (χ4n) is 1.12. The van der Waals surface area contributed by atoms with Gasteiger partial charge in [-0.05, 0) is 19.8 Å². The van der Waals surface area contributed by atoms with Gasteiger partial charge in [0.05, 0.1) is 6.07 Å². The highest BCUT2D eigenvalue weighted by atomic mass is 16.2. The van der Waals surface area contributed by atoms with Gasteiger partial charge in [0, 0.05) is 25.9 Å². The average Bonchev–Trinajstić information content (AvgIpc) is 2.21. The van der Waals surface area contributed by atoms with Crippen molar-refractivity contribution in [3.63, 3.8) is 0 Å². The van der Waals surface area contributed by atoms with Gasteiger partial charge in [-0.1, -0.05) is 13.3 Å². The van der Waals surface area contributed by atoms with Crippen molar-refractivity contribution in [2.24, 2.45) is 5.92 Å². The van der Waals surface area contributed by atoms with Crippen LogP contribution in [0.3, 0.4) is 0 Å². The standard InChI is InChI=1S/C11H20N2O/c1-4-5-8-13(3)11(14)7-6-10(2)9-12/h10H,4-8H2,1-3H3. The maximum absolute atomic E-state index is 11.5. The molecule has 0 aliphatic carbocycles. The van der Waals surface area contributed by atoms with Crippen LogP contribution in [0.2, 0.25) is 0 Å². The summed E-state index contributed by atoms with van der Waals surface area (Å²) in [7, 11) is 1.83. The molecule has 1 amide bonds. The number of unbranched alkanes of at least 4 members (excludes halogenated alkanes) is 1. The van der Waals surface area contributed by atoms with Gasteiger partial charge in [-0.2, -0.15) is 5.26 Å². The molecule has 0 saturated carbocycles. The monoisotopic (exact) mass is 196 g/mol. The number of nitrogens with zero attached hydrogens (tertiary/aromatic N) is 2. The van der Waals surface area contributed by atoms with Crippen molar-refractivity contribution in [2.45, 2.75) is 39.5 Å². The Bertz CT molecular complexity index is 208. The fraction of sp³-hybridized carbons (Fsp3) is 0.818. The minimum absolute atomic E-state index is 0.0153. The lowest BCUT2D eigenvalue weighted by Gasteiger charge is -2.16. The summed E-state index contributed by atoms with van der Waals surface area (Å²) in [6, 6.07) is 2.13. The molecule has 80 valence electrons. The van der Waals surface area contributed by atoms with Gasteiger partial charge < -0.3 is 4.90 Å². The van der Waals surface area contributed by atoms with Crippen molar-refractivity contribution < 1.29 is 4.79 Å². The molecule has 0 aromatic rings. The van der Waals surface area contributed by atoms with Crippen molar-refractivity contribution in [1.82, 2.24) is 4.90 Å². The van der Waals surface area contributed by atoms with E-state index in [9.17, 15) is 4.79 Å². The van der Waals surface area contributed by atoms with Crippen LogP contribution in [-0.4, -0.2) is 24.4 Å². The van der Waals surface area contributed by atoms with Gasteiger partial charge in [-0.3, -0.25) is 4.79 Å². The number of carbonyl (C=O) groups is 1. The quantitative estimate of drug-likeness (QED) is 0.653. The van der Waals surface area contributed by atoms with Crippen LogP contribution in [0, 0.1) is 17.2 Å². The Morgan fingerprint density at radius 2 is 2.21 bits per heavy atom. The smallest absolute Gasteiger partial charge is 0.222 e. The number of hydrogen-bond acceptors (Lipinski definition) is 2. The van der Waals surface area contributed by atoms with Gasteiger partial charge in [-0.25, -0.2) is 0 Å². The van der Waals surface area contributed by atoms with Crippen LogP contribution >= 0.6 is 0 Å². The van der Waals surface area contributed by atoms with Crippen molar-refractivity contribution in [3.8, 4) is 6.07 Å². The molecule has 3 nitrogen and oxygen atoms in total. The Kier molecular flexibility index (Phi) is 6.82. The molecule has 1 atom stereocenters. The minimum atomic E-state index is -0.0153. The summed E-state index contributed by atoms with van der Waals surface area (Å²) in [6.45, 7) is 4.78. The Morgan fingerprint density at radius 1 is 1.57 bits per heavy atom. The van der Waals surface area contributed by atoms with E-state index in [1.54, 1.807) is 4.90 Å². The third-order valence-electron chi connectivity index (χ3n) is 2.28. The van der Waals surface area contributed by atoms with E-state index in [-0.39, 0.29) is 11.8 Å². The van der Waals surface area contributed by atoms with Crippen molar-refractivity contribution >= 4 is 5.91 Å². The SMILES string of the molecule is CCCCN(C)C(=O)CCC(C)C#N. The van der Waals surface area contributed by atoms with Gasteiger partial charge in [0.25, 0.3) is 0 Å². The molecular formula is C11H20N2O. The predicted octanol–water partition coefficient (Wildman–Crippen LogP) is 2.18. The van der Waals surface area contributed by atoms with E-state index in [0.29, 0.717) is 12.8 Å². The van der Waals surface area contributed by atoms with Crippen molar-refractivity contribution in [2.75, 3.05) is 13.6 Å². The first-order chi connectivity index (χ1) is 6.61. The predicted molar refractivity (Wildman–Crippen MR) is 56.6 cm³/mol. The van der Waals surface area contributed by atoms with E-state index in [2.05, 4.69) is 13.0 Å². The summed E-state index contributed by atoms with van der Waals surface area (Å²) in [5, 5.41) is 8.55. The van der Waals surface area contributed by atoms with Crippen LogP contribution in [0.5, 0.6) is 0 Å². The van der Waals surface area contributed by atoms with Crippen LogP contribution < -0.4 is 0 Å². The molecule has 0 aromatic carbocycles. The molecule has 0 saturated heterocycles. The van der Waals surface area contributed by atoms with Crippen LogP contribution in [0.15, 0.2) is 0 Å². The molecule has 0 aromatic heterocycles. The summed E-state index contributed by atoms with van der Waals surface area (Å²) < 4.78 is 0. The Labute approximate surface area is 86.7 Å². The third kappa shape index (κ3) is 5.58. The minimum Gasteiger partial charge on any atom is -0.346 e. The molecule has 0 aliphatic heterocycles. The number of carbonyl (C=O) groups excluding carboxylic acids is 1. The van der Waals surface area contributed by atoms with Crippen molar-refractivity contribution in [3.05, 3.63) is 0 Å². The molecule has 0 heterocycles. The van der Waals surface area contributed by atoms with Gasteiger partial charge in [-0.15, -0.1) is 0 Å². The second kappa shape index (κ2) is 7.37. The van der Waals surface area contributed by atoms with Crippen LogP contribution in [0.4, 0.5) is 0 Å². The summed E-state index contributed by atoms with van der Waals surface area (Å²) in [5.41, 5.74) is 0. The second-order valence-electron chi connectivity index (χ2n) is 3.74. The van der Waals surface area contributed by atoms with Gasteiger partial charge in [0.1, 0.15) is 0 Å². The highest BCUT2D eigenvalue weighted by Gasteiger charge is 2.09. The molecule has 3 heteroatoms. The summed E-state index contributed by atoms with van der Waals surface area (Å²) in [6.07, 6.45) is 3.32. The van der Waals surface area contributed by atoms with E-state index in [0.717, 1.165) is 19.4 Å². The average molecular weight is 196 g/mol. The molecular weight excluding hydrogens is 176 g/mol. The maximum atomic E-state index is 11.5. The highest BCUT2D eigenvalue weighted by Crippen LogP contribution is 2.06. The van der Waals surface area contributed by atoms with Gasteiger partial charge in [0.2, 0.25) is 5.91 Å². The number of hydrogen-bond donors (Lipinski definition) is 0. The maximum Gasteiger partial charge on any atom is 0.222 e. The summed E-state index contributed by atoms with van der Waals surface area (Å²) >= 11 is 0. The van der Waals surface area contributed by atoms with Gasteiger partial charge >= 0.3 is 0 Å². The zero-order chi connectivity index (χ0) is 11.0. The van der Waals surface area contributed by atoms with E-state index >= 15 is 0 Å². The van der Waals surface area contributed by atoms with Crippen molar-refractivity contribution in [1.29, 1.82) is 5.26 Å². The summed E-state index contributed by atoms with van der Waals surface area (Å²) in [5.74, 6) is 0.138. The first-order valence-electron chi connectivity index (χ1n) is 5.25. The first kappa shape index (κ1) is 13.0. The molecule has 0 N–H and O–H groups in total. The topological polar surface area (TPSA) is 44.1 Å². The summed E-state index contributed by atoms with van der Waals surface area (Å²) in [4.78, 5) is 13.2. The lowest BCUT2D eigenvalue weighted by Crippen LogP contribution is -2.27. The molecule has 0 radical (unpaired) electrons. The van der Waals surface area contributed by atoms with E-state index in [1.807, 2.05) is 14.0 Å². The number of amides is 1. The molecule has 0 bridgehead atoms. The molecule has 1 unspecified atom stereocenters. The lowest BCUT2D eigenvalue weighted by atomic mass is 10.1. The highest BCUT2D eigenvalue weighted by molar-refractivity contribution is 5.75. The largest absolute Gasteiger partial charge is 0.346 e. The first-order valence-corrected chi connectivity index (χ1v) is 5.25. The Morgan fingerprint density at radius 3 is 2.71 bits per heavy atom. The van der Waals surface area contributed by atoms with Gasteiger partial charge in [0.15, 0.2) is 0 Å². The Hall–Kier alpha value is -1.04. The molecule has 0 fully saturated rings. The normalized spacial score (nSPS) is 11.9. The third-order valence-corrected chi connectivity index (χ3v) is 2.28. The zero-order valence-electron chi connectivity index (χ0n) is 9.42. The van der Waals surface area contributed by atoms with E-state index in [4.69, 9.17) is 5.26 Å². The molecule has 0 rings (SSSR count).